The highest BCUT2D eigenvalue weighted by Gasteiger charge is 2.14. The summed E-state index contributed by atoms with van der Waals surface area (Å²) in [4.78, 5) is 12.3. The SMILES string of the molecule is Cc1ccc(NC(=O)c2ccc(-n3ccnn3)cc2)cc1S(N)(=O)=O. The molecule has 0 radical (unpaired) electrons. The molecule has 128 valence electrons. The Morgan fingerprint density at radius 2 is 1.88 bits per heavy atom. The molecule has 2 aromatic carbocycles. The Balaban J connectivity index is 1.81. The van der Waals surface area contributed by atoms with Gasteiger partial charge in [0.05, 0.1) is 23.0 Å². The van der Waals surface area contributed by atoms with E-state index in [1.807, 2.05) is 0 Å². The minimum absolute atomic E-state index is 0.0215. The van der Waals surface area contributed by atoms with Gasteiger partial charge >= 0.3 is 0 Å². The number of amides is 1. The monoisotopic (exact) mass is 357 g/mol. The van der Waals surface area contributed by atoms with E-state index in [0.29, 0.717) is 16.8 Å². The maximum Gasteiger partial charge on any atom is 0.255 e. The largest absolute Gasteiger partial charge is 0.322 e. The average Bonchev–Trinajstić information content (AvgIpc) is 3.10. The molecule has 8 nitrogen and oxygen atoms in total. The van der Waals surface area contributed by atoms with Crippen LogP contribution in [0.4, 0.5) is 5.69 Å². The minimum atomic E-state index is -3.85. The number of sulfonamides is 1. The molecule has 9 heteroatoms. The number of carbonyl (C=O) groups excluding carboxylic acids is 1. The van der Waals surface area contributed by atoms with E-state index < -0.39 is 10.0 Å². The van der Waals surface area contributed by atoms with Gasteiger partial charge in [-0.1, -0.05) is 11.3 Å². The van der Waals surface area contributed by atoms with E-state index in [1.165, 1.54) is 6.07 Å². The highest BCUT2D eigenvalue weighted by atomic mass is 32.2. The second kappa shape index (κ2) is 6.46. The van der Waals surface area contributed by atoms with Gasteiger partial charge in [0.15, 0.2) is 0 Å². The lowest BCUT2D eigenvalue weighted by Crippen LogP contribution is -2.16. The summed E-state index contributed by atoms with van der Waals surface area (Å²) in [7, 11) is -3.85. The van der Waals surface area contributed by atoms with Gasteiger partial charge in [-0.3, -0.25) is 4.79 Å². The second-order valence-corrected chi connectivity index (χ2v) is 6.90. The van der Waals surface area contributed by atoms with Gasteiger partial charge in [0, 0.05) is 11.3 Å². The predicted octanol–water partition coefficient (Wildman–Crippen LogP) is 1.48. The molecule has 3 N–H and O–H groups in total. The second-order valence-electron chi connectivity index (χ2n) is 5.37. The van der Waals surface area contributed by atoms with Gasteiger partial charge in [-0.2, -0.15) is 0 Å². The number of hydrogen-bond donors (Lipinski definition) is 2. The Hall–Kier alpha value is -3.04. The average molecular weight is 357 g/mol. The third-order valence-electron chi connectivity index (χ3n) is 3.57. The summed E-state index contributed by atoms with van der Waals surface area (Å²) >= 11 is 0. The van der Waals surface area contributed by atoms with E-state index in [2.05, 4.69) is 15.6 Å². The Labute approximate surface area is 144 Å². The third-order valence-corrected chi connectivity index (χ3v) is 4.62. The van der Waals surface area contributed by atoms with Gasteiger partial charge in [-0.05, 0) is 48.9 Å². The normalized spacial score (nSPS) is 11.3. The number of primary sulfonamides is 1. The maximum absolute atomic E-state index is 12.3. The van der Waals surface area contributed by atoms with E-state index in [-0.39, 0.29) is 10.8 Å². The highest BCUT2D eigenvalue weighted by molar-refractivity contribution is 7.89. The molecule has 0 fully saturated rings. The maximum atomic E-state index is 12.3. The van der Waals surface area contributed by atoms with Crippen LogP contribution in [0.15, 0.2) is 59.8 Å². The van der Waals surface area contributed by atoms with Gasteiger partial charge in [0.1, 0.15) is 0 Å². The van der Waals surface area contributed by atoms with Gasteiger partial charge in [0.25, 0.3) is 5.91 Å². The lowest BCUT2D eigenvalue weighted by atomic mass is 10.1. The van der Waals surface area contributed by atoms with Crippen molar-refractivity contribution in [1.29, 1.82) is 0 Å². The van der Waals surface area contributed by atoms with Gasteiger partial charge < -0.3 is 5.32 Å². The quantitative estimate of drug-likeness (QED) is 0.733. The standard InChI is InChI=1S/C16H15N5O3S/c1-11-2-5-13(10-15(11)25(17,23)24)19-16(22)12-3-6-14(7-4-12)21-9-8-18-20-21/h2-10H,1H3,(H,19,22)(H2,17,23,24). The molecule has 3 aromatic rings. The zero-order valence-electron chi connectivity index (χ0n) is 13.2. The number of carbonyl (C=O) groups is 1. The number of nitrogens with zero attached hydrogens (tertiary/aromatic N) is 3. The number of rotatable bonds is 4. The number of anilines is 1. The first-order valence-corrected chi connectivity index (χ1v) is 8.81. The number of aryl methyl sites for hydroxylation is 1. The molecule has 25 heavy (non-hydrogen) atoms. The molecule has 0 spiro atoms. The van der Waals surface area contributed by atoms with E-state index in [9.17, 15) is 13.2 Å². The van der Waals surface area contributed by atoms with Crippen molar-refractivity contribution in [1.82, 2.24) is 15.0 Å². The highest BCUT2D eigenvalue weighted by Crippen LogP contribution is 2.20. The van der Waals surface area contributed by atoms with Crippen LogP contribution in [-0.4, -0.2) is 29.3 Å². The number of nitrogens with one attached hydrogen (secondary N) is 1. The summed E-state index contributed by atoms with van der Waals surface area (Å²) in [6.07, 6.45) is 3.25. The summed E-state index contributed by atoms with van der Waals surface area (Å²) in [6.45, 7) is 1.63. The molecular formula is C16H15N5O3S. The summed E-state index contributed by atoms with van der Waals surface area (Å²) in [6, 6.07) is 11.3. The van der Waals surface area contributed by atoms with Crippen molar-refractivity contribution in [3.8, 4) is 5.69 Å². The van der Waals surface area contributed by atoms with Crippen molar-refractivity contribution < 1.29 is 13.2 Å². The number of hydrogen-bond acceptors (Lipinski definition) is 5. The summed E-state index contributed by atoms with van der Waals surface area (Å²) in [5.74, 6) is -0.366. The molecule has 0 bridgehead atoms. The first kappa shape index (κ1) is 16.8. The molecule has 3 rings (SSSR count). The van der Waals surface area contributed by atoms with Crippen LogP contribution in [0.3, 0.4) is 0 Å². The lowest BCUT2D eigenvalue weighted by molar-refractivity contribution is 0.102. The van der Waals surface area contributed by atoms with Crippen molar-refractivity contribution in [2.45, 2.75) is 11.8 Å². The summed E-state index contributed by atoms with van der Waals surface area (Å²) < 4.78 is 24.7. The topological polar surface area (TPSA) is 120 Å². The molecule has 0 atom stereocenters. The van der Waals surface area contributed by atoms with Crippen LogP contribution in [0, 0.1) is 6.92 Å². The van der Waals surface area contributed by atoms with Crippen molar-refractivity contribution >= 4 is 21.6 Å². The van der Waals surface area contributed by atoms with E-state index >= 15 is 0 Å². The first-order chi connectivity index (χ1) is 11.8. The number of benzene rings is 2. The van der Waals surface area contributed by atoms with Crippen LogP contribution < -0.4 is 10.5 Å². The summed E-state index contributed by atoms with van der Waals surface area (Å²) in [5, 5.41) is 15.4. The molecule has 0 unspecified atom stereocenters. The first-order valence-electron chi connectivity index (χ1n) is 7.26. The Morgan fingerprint density at radius 1 is 1.16 bits per heavy atom. The van der Waals surface area contributed by atoms with Crippen molar-refractivity contribution in [3.05, 3.63) is 66.0 Å². The van der Waals surface area contributed by atoms with Crippen LogP contribution in [0.5, 0.6) is 0 Å². The van der Waals surface area contributed by atoms with Crippen LogP contribution in [-0.2, 0) is 10.0 Å². The Bertz CT molecular complexity index is 1010. The van der Waals surface area contributed by atoms with Gasteiger partial charge in [0.2, 0.25) is 10.0 Å². The lowest BCUT2D eigenvalue weighted by Gasteiger charge is -2.09. The molecular weight excluding hydrogens is 342 g/mol. The van der Waals surface area contributed by atoms with Crippen molar-refractivity contribution in [2.75, 3.05) is 5.32 Å². The van der Waals surface area contributed by atoms with Crippen LogP contribution in [0.2, 0.25) is 0 Å². The number of nitrogens with two attached hydrogens (primary N) is 1. The predicted molar refractivity (Wildman–Crippen MR) is 91.9 cm³/mol. The Kier molecular flexibility index (Phi) is 4.34. The fraction of sp³-hybridized carbons (Fsp3) is 0.0625. The van der Waals surface area contributed by atoms with E-state index in [0.717, 1.165) is 5.69 Å². The van der Waals surface area contributed by atoms with Gasteiger partial charge in [-0.15, -0.1) is 5.10 Å². The summed E-state index contributed by atoms with van der Waals surface area (Å²) in [5.41, 5.74) is 2.04. The third kappa shape index (κ3) is 3.73. The molecule has 0 aliphatic carbocycles. The number of aromatic nitrogens is 3. The van der Waals surface area contributed by atoms with Crippen molar-refractivity contribution in [2.24, 2.45) is 5.14 Å². The van der Waals surface area contributed by atoms with Crippen LogP contribution in [0.25, 0.3) is 5.69 Å². The minimum Gasteiger partial charge on any atom is -0.322 e. The zero-order chi connectivity index (χ0) is 18.0. The molecule has 1 amide bonds. The molecule has 1 heterocycles. The fourth-order valence-electron chi connectivity index (χ4n) is 2.30. The zero-order valence-corrected chi connectivity index (χ0v) is 14.1. The molecule has 0 aliphatic heterocycles. The van der Waals surface area contributed by atoms with E-state index in [4.69, 9.17) is 5.14 Å². The van der Waals surface area contributed by atoms with Crippen LogP contribution >= 0.6 is 0 Å². The molecule has 0 aliphatic rings. The molecule has 0 saturated carbocycles. The molecule has 0 saturated heterocycles. The smallest absolute Gasteiger partial charge is 0.255 e. The Morgan fingerprint density at radius 3 is 2.48 bits per heavy atom. The van der Waals surface area contributed by atoms with E-state index in [1.54, 1.807) is 60.4 Å². The van der Waals surface area contributed by atoms with Crippen molar-refractivity contribution in [3.63, 3.8) is 0 Å². The van der Waals surface area contributed by atoms with Crippen LogP contribution in [0.1, 0.15) is 15.9 Å². The fourth-order valence-corrected chi connectivity index (χ4v) is 3.11. The van der Waals surface area contributed by atoms with Gasteiger partial charge in [-0.25, -0.2) is 18.2 Å². The molecule has 1 aromatic heterocycles.